The van der Waals surface area contributed by atoms with E-state index >= 15 is 0 Å². The van der Waals surface area contributed by atoms with Gasteiger partial charge in [-0.25, -0.2) is 8.78 Å². The van der Waals surface area contributed by atoms with Crippen LogP contribution in [-0.2, 0) is 17.3 Å². The van der Waals surface area contributed by atoms with Gasteiger partial charge in [-0.3, -0.25) is 0 Å². The van der Waals surface area contributed by atoms with E-state index in [2.05, 4.69) is 5.32 Å². The maximum absolute atomic E-state index is 14.0. The van der Waals surface area contributed by atoms with E-state index in [9.17, 15) is 32.9 Å². The van der Waals surface area contributed by atoms with E-state index in [1.807, 2.05) is 0 Å². The largest absolute Gasteiger partial charge is 0.508 e. The predicted octanol–water partition coefficient (Wildman–Crippen LogP) is 4.12. The van der Waals surface area contributed by atoms with Gasteiger partial charge in [-0.15, -0.1) is 0 Å². The Morgan fingerprint density at radius 2 is 1.69 bits per heavy atom. The second kappa shape index (κ2) is 12.2. The number of phenols is 1. The van der Waals surface area contributed by atoms with Gasteiger partial charge in [0, 0.05) is 30.5 Å². The lowest BCUT2D eigenvalue weighted by atomic mass is 10.0. The van der Waals surface area contributed by atoms with E-state index in [1.54, 1.807) is 12.1 Å². The Hall–Kier alpha value is -2.20. The number of rotatable bonds is 14. The third kappa shape index (κ3) is 8.05. The number of hydrogen-bond acceptors (Lipinski definition) is 5. The summed E-state index contributed by atoms with van der Waals surface area (Å²) >= 11 is 0. The molecule has 5 nitrogen and oxygen atoms in total. The highest BCUT2D eigenvalue weighted by Crippen LogP contribution is 2.29. The van der Waals surface area contributed by atoms with Gasteiger partial charge in [0.25, 0.3) is 5.92 Å². The van der Waals surface area contributed by atoms with E-state index in [-0.39, 0.29) is 36.4 Å². The molecule has 2 aromatic rings. The van der Waals surface area contributed by atoms with E-state index in [0.29, 0.717) is 5.56 Å². The third-order valence-electron chi connectivity index (χ3n) is 5.03. The third-order valence-corrected chi connectivity index (χ3v) is 5.03. The minimum Gasteiger partial charge on any atom is -0.508 e. The molecule has 4 N–H and O–H groups in total. The molecule has 2 rings (SSSR count). The first-order valence-electron chi connectivity index (χ1n) is 10.4. The molecule has 32 heavy (non-hydrogen) atoms. The maximum Gasteiger partial charge on any atom is 0.296 e. The van der Waals surface area contributed by atoms with Crippen molar-refractivity contribution < 1.29 is 37.6 Å². The van der Waals surface area contributed by atoms with Crippen LogP contribution in [0, 0.1) is 0 Å². The van der Waals surface area contributed by atoms with Gasteiger partial charge in [-0.2, -0.15) is 8.78 Å². The quantitative estimate of drug-likeness (QED) is 0.252. The number of halogens is 4. The van der Waals surface area contributed by atoms with Crippen LogP contribution < -0.4 is 5.32 Å². The fraction of sp³-hybridized carbons (Fsp3) is 0.478. The highest BCUT2D eigenvalue weighted by molar-refractivity contribution is 5.40. The molecule has 0 saturated heterocycles. The molecule has 0 amide bonds. The average molecular weight is 459 g/mol. The maximum atomic E-state index is 14.0. The second-order valence-electron chi connectivity index (χ2n) is 7.56. The molecule has 2 aromatic carbocycles. The van der Waals surface area contributed by atoms with Gasteiger partial charge in [0.15, 0.2) is 0 Å². The Labute approximate surface area is 184 Å². The molecule has 0 aliphatic carbocycles. The Balaban J connectivity index is 1.64. The Morgan fingerprint density at radius 3 is 2.38 bits per heavy atom. The fourth-order valence-corrected chi connectivity index (χ4v) is 3.21. The molecule has 0 spiro atoms. The molecule has 0 aliphatic rings. The van der Waals surface area contributed by atoms with E-state index < -0.39 is 50.6 Å². The summed E-state index contributed by atoms with van der Waals surface area (Å²) in [6, 6.07) is 11.6. The highest BCUT2D eigenvalue weighted by atomic mass is 19.3. The van der Waals surface area contributed by atoms with Crippen LogP contribution in [0.3, 0.4) is 0 Å². The van der Waals surface area contributed by atoms with E-state index in [1.165, 1.54) is 36.4 Å². The smallest absolute Gasteiger partial charge is 0.296 e. The van der Waals surface area contributed by atoms with Gasteiger partial charge in [-0.05, 0) is 24.6 Å². The van der Waals surface area contributed by atoms with Crippen LogP contribution in [0.15, 0.2) is 48.5 Å². The monoisotopic (exact) mass is 459 g/mol. The van der Waals surface area contributed by atoms with Crippen molar-refractivity contribution >= 4 is 0 Å². The average Bonchev–Trinajstić information content (AvgIpc) is 2.77. The normalized spacial score (nSPS) is 13.3. The molecule has 1 atom stereocenters. The number of nitrogens with one attached hydrogen (secondary N) is 1. The van der Waals surface area contributed by atoms with Crippen LogP contribution in [0.4, 0.5) is 17.6 Å². The summed E-state index contributed by atoms with van der Waals surface area (Å²) in [5, 5.41) is 32.1. The number of alkyl halides is 4. The Kier molecular flexibility index (Phi) is 9.89. The number of aromatic hydroxyl groups is 1. The van der Waals surface area contributed by atoms with Gasteiger partial charge in [0.05, 0.1) is 19.3 Å². The number of aliphatic hydroxyl groups is 2. The molecule has 9 heteroatoms. The van der Waals surface area contributed by atoms with Crippen molar-refractivity contribution in [2.24, 2.45) is 0 Å². The summed E-state index contributed by atoms with van der Waals surface area (Å²) in [7, 11) is 0. The summed E-state index contributed by atoms with van der Waals surface area (Å²) < 4.78 is 60.6. The minimum absolute atomic E-state index is 0.0553. The van der Waals surface area contributed by atoms with Gasteiger partial charge in [0.2, 0.25) is 5.92 Å². The molecule has 0 saturated carbocycles. The molecule has 0 heterocycles. The topological polar surface area (TPSA) is 82.0 Å². The van der Waals surface area contributed by atoms with Crippen LogP contribution in [-0.4, -0.2) is 47.5 Å². The zero-order valence-electron chi connectivity index (χ0n) is 17.6. The van der Waals surface area contributed by atoms with Crippen molar-refractivity contribution in [2.45, 2.75) is 43.8 Å². The summed E-state index contributed by atoms with van der Waals surface area (Å²) in [6.07, 6.45) is -2.04. The van der Waals surface area contributed by atoms with Crippen LogP contribution in [0.5, 0.6) is 5.75 Å². The van der Waals surface area contributed by atoms with Crippen LogP contribution in [0.1, 0.15) is 42.1 Å². The Bertz CT molecular complexity index is 821. The zero-order chi connectivity index (χ0) is 23.6. The standard InChI is InChI=1S/C23H29F4NO4/c24-22(25,11-13-32-16-23(26,27)17-6-2-1-3-7-17)10-5-12-28-14-21(31)18-8-4-9-20(30)19(18)15-29/h1-4,6-9,21,28-31H,5,10-16H2/t21-/m0/s1. The zero-order valence-corrected chi connectivity index (χ0v) is 17.6. The summed E-state index contributed by atoms with van der Waals surface area (Å²) in [5.41, 5.74) is 0.345. The lowest BCUT2D eigenvalue weighted by Crippen LogP contribution is -2.27. The summed E-state index contributed by atoms with van der Waals surface area (Å²) in [4.78, 5) is 0. The van der Waals surface area contributed by atoms with Gasteiger partial charge >= 0.3 is 0 Å². The molecular formula is C23H29F4NO4. The molecule has 0 aromatic heterocycles. The molecule has 0 fully saturated rings. The van der Waals surface area contributed by atoms with Crippen molar-refractivity contribution in [1.82, 2.24) is 5.32 Å². The number of benzene rings is 2. The number of aliphatic hydroxyl groups excluding tert-OH is 2. The van der Waals surface area contributed by atoms with Crippen molar-refractivity contribution in [3.8, 4) is 5.75 Å². The fourth-order valence-electron chi connectivity index (χ4n) is 3.21. The minimum atomic E-state index is -3.24. The lowest BCUT2D eigenvalue weighted by Gasteiger charge is -2.20. The number of ether oxygens (including phenoxy) is 1. The van der Waals surface area contributed by atoms with Gasteiger partial charge in [0.1, 0.15) is 12.4 Å². The lowest BCUT2D eigenvalue weighted by molar-refractivity contribution is -0.100. The van der Waals surface area contributed by atoms with Gasteiger partial charge < -0.3 is 25.4 Å². The highest BCUT2D eigenvalue weighted by Gasteiger charge is 2.33. The van der Waals surface area contributed by atoms with Gasteiger partial charge in [-0.1, -0.05) is 42.5 Å². The summed E-state index contributed by atoms with van der Waals surface area (Å²) in [6.45, 7) is -1.63. The van der Waals surface area contributed by atoms with Crippen molar-refractivity contribution in [3.05, 3.63) is 65.2 Å². The van der Waals surface area contributed by atoms with Crippen LogP contribution >= 0.6 is 0 Å². The van der Waals surface area contributed by atoms with E-state index in [0.717, 1.165) is 0 Å². The molecule has 0 aliphatic heterocycles. The van der Waals surface area contributed by atoms with Crippen molar-refractivity contribution in [3.63, 3.8) is 0 Å². The second-order valence-corrected chi connectivity index (χ2v) is 7.56. The van der Waals surface area contributed by atoms with Crippen molar-refractivity contribution in [1.29, 1.82) is 0 Å². The molecule has 178 valence electrons. The van der Waals surface area contributed by atoms with Crippen LogP contribution in [0.2, 0.25) is 0 Å². The van der Waals surface area contributed by atoms with Crippen LogP contribution in [0.25, 0.3) is 0 Å². The number of hydrogen-bond donors (Lipinski definition) is 4. The first-order chi connectivity index (χ1) is 15.2. The summed E-state index contributed by atoms with van der Waals surface area (Å²) in [5.74, 6) is -6.43. The molecule has 0 bridgehead atoms. The first kappa shape index (κ1) is 26.1. The Morgan fingerprint density at radius 1 is 0.969 bits per heavy atom. The SMILES string of the molecule is OCc1c(O)cccc1[C@@H](O)CNCCCC(F)(F)CCOCC(F)(F)c1ccccc1. The predicted molar refractivity (Wildman–Crippen MR) is 112 cm³/mol. The molecule has 0 radical (unpaired) electrons. The first-order valence-corrected chi connectivity index (χ1v) is 10.4. The van der Waals surface area contributed by atoms with E-state index in [4.69, 9.17) is 4.74 Å². The molecule has 0 unspecified atom stereocenters. The van der Waals surface area contributed by atoms with Crippen molar-refractivity contribution in [2.75, 3.05) is 26.3 Å². The molecular weight excluding hydrogens is 430 g/mol.